The summed E-state index contributed by atoms with van der Waals surface area (Å²) in [6, 6.07) is 3.06. The molecule has 0 heterocycles. The van der Waals surface area contributed by atoms with Crippen molar-refractivity contribution in [3.8, 4) is 11.5 Å². The average molecular weight is 263 g/mol. The van der Waals surface area contributed by atoms with Gasteiger partial charge in [0.05, 0.1) is 12.1 Å². The minimum atomic E-state index is -0.138. The SMILES string of the molecule is CCO.COc1cc(C(C)CO)c(O)cc1Cl. The van der Waals surface area contributed by atoms with E-state index in [0.29, 0.717) is 16.3 Å². The molecule has 0 aliphatic rings. The molecule has 5 heteroatoms. The van der Waals surface area contributed by atoms with E-state index in [4.69, 9.17) is 26.6 Å². The van der Waals surface area contributed by atoms with Crippen LogP contribution in [0.4, 0.5) is 0 Å². The average Bonchev–Trinajstić information content (AvgIpc) is 2.29. The Morgan fingerprint density at radius 1 is 1.35 bits per heavy atom. The van der Waals surface area contributed by atoms with Crippen LogP contribution in [-0.2, 0) is 0 Å². The molecule has 1 rings (SSSR count). The quantitative estimate of drug-likeness (QED) is 0.781. The van der Waals surface area contributed by atoms with Crippen molar-refractivity contribution in [2.45, 2.75) is 19.8 Å². The lowest BCUT2D eigenvalue weighted by Gasteiger charge is -2.13. The molecule has 0 aromatic heterocycles. The zero-order valence-corrected chi connectivity index (χ0v) is 11.0. The molecule has 0 fully saturated rings. The highest BCUT2D eigenvalue weighted by Crippen LogP contribution is 2.35. The Morgan fingerprint density at radius 2 is 1.88 bits per heavy atom. The summed E-state index contributed by atoms with van der Waals surface area (Å²) in [6.07, 6.45) is 0. The van der Waals surface area contributed by atoms with Gasteiger partial charge in [-0.3, -0.25) is 0 Å². The lowest BCUT2D eigenvalue weighted by atomic mass is 10.0. The topological polar surface area (TPSA) is 69.9 Å². The second-order valence-corrected chi connectivity index (χ2v) is 3.85. The maximum Gasteiger partial charge on any atom is 0.138 e. The molecule has 0 spiro atoms. The number of aliphatic hydroxyl groups is 2. The summed E-state index contributed by atoms with van der Waals surface area (Å²) in [5.74, 6) is 0.443. The lowest BCUT2D eigenvalue weighted by molar-refractivity contribution is 0.270. The van der Waals surface area contributed by atoms with Crippen molar-refractivity contribution in [3.05, 3.63) is 22.7 Å². The van der Waals surface area contributed by atoms with Gasteiger partial charge >= 0.3 is 0 Å². The van der Waals surface area contributed by atoms with Crippen LogP contribution in [0.15, 0.2) is 12.1 Å². The van der Waals surface area contributed by atoms with Crippen molar-refractivity contribution in [2.75, 3.05) is 20.3 Å². The van der Waals surface area contributed by atoms with Gasteiger partial charge in [-0.2, -0.15) is 0 Å². The van der Waals surface area contributed by atoms with Gasteiger partial charge in [0.2, 0.25) is 0 Å². The number of aromatic hydroxyl groups is 1. The molecule has 1 unspecified atom stereocenters. The summed E-state index contributed by atoms with van der Waals surface area (Å²) >= 11 is 5.80. The summed E-state index contributed by atoms with van der Waals surface area (Å²) in [4.78, 5) is 0. The van der Waals surface area contributed by atoms with E-state index in [9.17, 15) is 5.11 Å². The van der Waals surface area contributed by atoms with E-state index >= 15 is 0 Å². The molecule has 1 atom stereocenters. The number of hydrogen-bond acceptors (Lipinski definition) is 4. The molecule has 98 valence electrons. The van der Waals surface area contributed by atoms with Gasteiger partial charge in [-0.05, 0) is 13.0 Å². The second-order valence-electron chi connectivity index (χ2n) is 3.45. The largest absolute Gasteiger partial charge is 0.508 e. The van der Waals surface area contributed by atoms with Gasteiger partial charge in [0.25, 0.3) is 0 Å². The fourth-order valence-electron chi connectivity index (χ4n) is 1.21. The monoisotopic (exact) mass is 262 g/mol. The maximum absolute atomic E-state index is 9.56. The first kappa shape index (κ1) is 16.0. The van der Waals surface area contributed by atoms with Crippen LogP contribution in [-0.4, -0.2) is 35.6 Å². The molecular weight excluding hydrogens is 244 g/mol. The number of ether oxygens (including phenoxy) is 1. The number of aliphatic hydroxyl groups excluding tert-OH is 2. The van der Waals surface area contributed by atoms with Crippen molar-refractivity contribution in [1.29, 1.82) is 0 Å². The Balaban J connectivity index is 0.000000770. The summed E-state index contributed by atoms with van der Waals surface area (Å²) in [7, 11) is 1.51. The first-order chi connectivity index (χ1) is 8.01. The van der Waals surface area contributed by atoms with Crippen LogP contribution in [0.25, 0.3) is 0 Å². The van der Waals surface area contributed by atoms with E-state index in [0.717, 1.165) is 0 Å². The number of benzene rings is 1. The standard InChI is InChI=1S/C10H13ClO3.C2H6O/c1-6(5-12)7-3-10(14-2)8(11)4-9(7)13;1-2-3/h3-4,6,12-13H,5H2,1-2H3;3H,2H2,1H3. The number of hydrogen-bond donors (Lipinski definition) is 3. The number of phenolic OH excluding ortho intramolecular Hbond substituents is 1. The van der Waals surface area contributed by atoms with Gasteiger partial charge < -0.3 is 20.1 Å². The molecule has 0 amide bonds. The van der Waals surface area contributed by atoms with Gasteiger partial charge in [0.1, 0.15) is 11.5 Å². The number of rotatable bonds is 3. The molecule has 0 bridgehead atoms. The number of phenols is 1. The van der Waals surface area contributed by atoms with Crippen molar-refractivity contribution in [2.24, 2.45) is 0 Å². The summed E-state index contributed by atoms with van der Waals surface area (Å²) in [5, 5.41) is 26.5. The molecule has 0 aliphatic heterocycles. The van der Waals surface area contributed by atoms with Crippen molar-refractivity contribution in [3.63, 3.8) is 0 Å². The highest BCUT2D eigenvalue weighted by Gasteiger charge is 2.13. The van der Waals surface area contributed by atoms with Crippen LogP contribution < -0.4 is 4.74 Å². The van der Waals surface area contributed by atoms with E-state index in [1.807, 2.05) is 6.92 Å². The fraction of sp³-hybridized carbons (Fsp3) is 0.500. The molecule has 0 aliphatic carbocycles. The normalized spacial score (nSPS) is 11.4. The maximum atomic E-state index is 9.56. The van der Waals surface area contributed by atoms with Gasteiger partial charge in [-0.1, -0.05) is 18.5 Å². The Labute approximate surface area is 106 Å². The smallest absolute Gasteiger partial charge is 0.138 e. The highest BCUT2D eigenvalue weighted by atomic mass is 35.5. The van der Waals surface area contributed by atoms with Gasteiger partial charge in [-0.15, -0.1) is 0 Å². The van der Waals surface area contributed by atoms with E-state index in [-0.39, 0.29) is 24.9 Å². The second kappa shape index (κ2) is 8.17. The molecule has 0 radical (unpaired) electrons. The Hall–Kier alpha value is -0.970. The van der Waals surface area contributed by atoms with Crippen LogP contribution in [0.3, 0.4) is 0 Å². The molecule has 4 nitrogen and oxygen atoms in total. The van der Waals surface area contributed by atoms with E-state index in [1.54, 1.807) is 13.0 Å². The summed E-state index contributed by atoms with van der Waals surface area (Å²) < 4.78 is 5.01. The third-order valence-corrected chi connectivity index (χ3v) is 2.40. The molecule has 3 N–H and O–H groups in total. The number of methoxy groups -OCH3 is 1. The van der Waals surface area contributed by atoms with Crippen LogP contribution in [0.2, 0.25) is 5.02 Å². The van der Waals surface area contributed by atoms with Crippen molar-refractivity contribution in [1.82, 2.24) is 0 Å². The predicted octanol–water partition coefficient (Wildman–Crippen LogP) is 2.15. The molecule has 17 heavy (non-hydrogen) atoms. The van der Waals surface area contributed by atoms with Crippen LogP contribution in [0.1, 0.15) is 25.3 Å². The van der Waals surface area contributed by atoms with Crippen LogP contribution in [0, 0.1) is 0 Å². The van der Waals surface area contributed by atoms with Crippen LogP contribution in [0.5, 0.6) is 11.5 Å². The Bertz CT molecular complexity index is 342. The van der Waals surface area contributed by atoms with E-state index in [2.05, 4.69) is 0 Å². The molecule has 0 saturated heterocycles. The highest BCUT2D eigenvalue weighted by molar-refractivity contribution is 6.32. The Morgan fingerprint density at radius 3 is 2.29 bits per heavy atom. The molecular formula is C12H19ClO4. The lowest BCUT2D eigenvalue weighted by Crippen LogP contribution is -2.00. The van der Waals surface area contributed by atoms with Crippen LogP contribution >= 0.6 is 11.6 Å². The third-order valence-electron chi connectivity index (χ3n) is 2.11. The molecule has 1 aromatic rings. The van der Waals surface area contributed by atoms with Crippen molar-refractivity contribution >= 4 is 11.6 Å². The first-order valence-corrected chi connectivity index (χ1v) is 5.67. The summed E-state index contributed by atoms with van der Waals surface area (Å²) in [5.41, 5.74) is 0.633. The number of halogens is 1. The summed E-state index contributed by atoms with van der Waals surface area (Å²) in [6.45, 7) is 3.71. The molecule has 1 aromatic carbocycles. The van der Waals surface area contributed by atoms with Gasteiger partial charge in [-0.25, -0.2) is 0 Å². The zero-order chi connectivity index (χ0) is 13.4. The predicted molar refractivity (Wildman–Crippen MR) is 67.9 cm³/mol. The van der Waals surface area contributed by atoms with Gasteiger partial charge in [0.15, 0.2) is 0 Å². The van der Waals surface area contributed by atoms with E-state index in [1.165, 1.54) is 13.2 Å². The minimum absolute atomic E-state index is 0.0294. The zero-order valence-electron chi connectivity index (χ0n) is 10.3. The Kier molecular flexibility index (Phi) is 7.70. The minimum Gasteiger partial charge on any atom is -0.508 e. The fourth-order valence-corrected chi connectivity index (χ4v) is 1.44. The third kappa shape index (κ3) is 4.81. The van der Waals surface area contributed by atoms with E-state index < -0.39 is 0 Å². The van der Waals surface area contributed by atoms with Gasteiger partial charge in [0, 0.05) is 30.8 Å². The molecule has 0 saturated carbocycles. The first-order valence-electron chi connectivity index (χ1n) is 5.29. The van der Waals surface area contributed by atoms with Crippen molar-refractivity contribution < 1.29 is 20.1 Å².